The minimum Gasteiger partial charge on any atom is -0.352 e. The van der Waals surface area contributed by atoms with Crippen molar-refractivity contribution in [2.75, 3.05) is 13.1 Å². The van der Waals surface area contributed by atoms with Gasteiger partial charge in [-0.25, -0.2) is 13.6 Å². The first-order valence-electron chi connectivity index (χ1n) is 9.22. The summed E-state index contributed by atoms with van der Waals surface area (Å²) in [7, 11) is 0. The van der Waals surface area contributed by atoms with E-state index in [2.05, 4.69) is 10.3 Å². The first-order chi connectivity index (χ1) is 14.4. The highest BCUT2D eigenvalue weighted by atomic mass is 35.5. The van der Waals surface area contributed by atoms with Crippen molar-refractivity contribution in [1.82, 2.24) is 15.2 Å². The molecule has 2 heterocycles. The van der Waals surface area contributed by atoms with Crippen LogP contribution >= 0.6 is 11.6 Å². The van der Waals surface area contributed by atoms with Crippen LogP contribution in [0.2, 0.25) is 5.02 Å². The summed E-state index contributed by atoms with van der Waals surface area (Å²) >= 11 is 5.75. The van der Waals surface area contributed by atoms with Crippen LogP contribution in [0.3, 0.4) is 0 Å². The Morgan fingerprint density at radius 1 is 1.32 bits per heavy atom. The van der Waals surface area contributed by atoms with Crippen LogP contribution in [0.4, 0.5) is 22.4 Å². The average molecular weight is 459 g/mol. The molecule has 1 aromatic carbocycles. The molecule has 1 unspecified atom stereocenters. The zero-order chi connectivity index (χ0) is 23.1. The van der Waals surface area contributed by atoms with Crippen molar-refractivity contribution in [2.24, 2.45) is 5.73 Å². The molecule has 31 heavy (non-hydrogen) atoms. The van der Waals surface area contributed by atoms with E-state index >= 15 is 4.39 Å². The van der Waals surface area contributed by atoms with Gasteiger partial charge in [-0.1, -0.05) is 23.7 Å². The number of carbonyl (C=O) groups is 2. The molecule has 0 radical (unpaired) electrons. The largest absolute Gasteiger partial charge is 0.352 e. The van der Waals surface area contributed by atoms with Gasteiger partial charge in [-0.05, 0) is 24.6 Å². The molecule has 166 valence electrons. The van der Waals surface area contributed by atoms with Gasteiger partial charge in [0.15, 0.2) is 0 Å². The van der Waals surface area contributed by atoms with Crippen molar-refractivity contribution in [3.05, 3.63) is 63.9 Å². The number of nitrogens with zero attached hydrogens (tertiary/aromatic N) is 2. The number of benzene rings is 1. The summed E-state index contributed by atoms with van der Waals surface area (Å²) in [6.45, 7) is 2.14. The first kappa shape index (κ1) is 22.8. The van der Waals surface area contributed by atoms with Crippen molar-refractivity contribution < 1.29 is 27.2 Å². The first-order valence-corrected chi connectivity index (χ1v) is 9.59. The zero-order valence-corrected chi connectivity index (χ0v) is 17.3. The summed E-state index contributed by atoms with van der Waals surface area (Å²) in [6, 6.07) is 3.32. The number of nitrogens with two attached hydrogens (primary N) is 1. The molecule has 0 saturated carbocycles. The molecule has 1 saturated heterocycles. The SMILES string of the molecule is CC(F)(F)c1ccc([C@@H](c2ccc(F)c(Cl)c2F)C2(C)C(=O)NCCN2C(N)=O)cn1. The van der Waals surface area contributed by atoms with Crippen molar-refractivity contribution in [3.8, 4) is 0 Å². The number of carbonyl (C=O) groups excluding carboxylic acids is 2. The molecule has 0 bridgehead atoms. The third-order valence-corrected chi connectivity index (χ3v) is 5.76. The molecule has 1 aliphatic rings. The second-order valence-electron chi connectivity index (χ2n) is 7.46. The van der Waals surface area contributed by atoms with Crippen LogP contribution in [0.1, 0.15) is 36.6 Å². The minimum atomic E-state index is -3.23. The molecule has 1 aromatic heterocycles. The van der Waals surface area contributed by atoms with E-state index in [4.69, 9.17) is 17.3 Å². The molecule has 11 heteroatoms. The van der Waals surface area contributed by atoms with Crippen LogP contribution in [-0.2, 0) is 10.7 Å². The average Bonchev–Trinajstić information content (AvgIpc) is 2.70. The second-order valence-corrected chi connectivity index (χ2v) is 7.83. The predicted molar refractivity (Wildman–Crippen MR) is 105 cm³/mol. The standard InChI is InChI=1S/C20H19ClF4N4O2/c1-19(17(30)27-7-8-29(19)18(26)31)14(11-4-5-12(22)15(21)16(11)23)10-3-6-13(28-9-10)20(2,24)25/h3-6,9,14H,7-8H2,1-2H3,(H2,26,31)(H,27,30)/t14-,19?/m0/s1. The maximum absolute atomic E-state index is 15.1. The Labute approximate surface area is 180 Å². The van der Waals surface area contributed by atoms with E-state index in [9.17, 15) is 22.8 Å². The van der Waals surface area contributed by atoms with E-state index in [1.54, 1.807) is 0 Å². The Morgan fingerprint density at radius 2 is 2.00 bits per heavy atom. The predicted octanol–water partition coefficient (Wildman–Crippen LogP) is 3.53. The van der Waals surface area contributed by atoms with Crippen LogP contribution in [0.25, 0.3) is 0 Å². The van der Waals surface area contributed by atoms with Crippen LogP contribution in [0, 0.1) is 11.6 Å². The van der Waals surface area contributed by atoms with Crippen LogP contribution in [0.5, 0.6) is 0 Å². The zero-order valence-electron chi connectivity index (χ0n) is 16.6. The molecular formula is C20H19ClF4N4O2. The van der Waals surface area contributed by atoms with E-state index < -0.39 is 51.7 Å². The van der Waals surface area contributed by atoms with E-state index in [0.29, 0.717) is 6.92 Å². The van der Waals surface area contributed by atoms with Crippen LogP contribution in [0.15, 0.2) is 30.5 Å². The summed E-state index contributed by atoms with van der Waals surface area (Å²) in [5, 5.41) is 1.79. The molecule has 6 nitrogen and oxygen atoms in total. The number of piperazine rings is 1. The quantitative estimate of drug-likeness (QED) is 0.542. The van der Waals surface area contributed by atoms with E-state index in [1.807, 2.05) is 0 Å². The van der Waals surface area contributed by atoms with Gasteiger partial charge in [0.05, 0.1) is 0 Å². The van der Waals surface area contributed by atoms with Gasteiger partial charge in [-0.15, -0.1) is 0 Å². The van der Waals surface area contributed by atoms with E-state index in [0.717, 1.165) is 29.3 Å². The summed E-state index contributed by atoms with van der Waals surface area (Å²) in [5.74, 6) is -7.35. The Morgan fingerprint density at radius 3 is 2.55 bits per heavy atom. The maximum atomic E-state index is 15.1. The lowest BCUT2D eigenvalue weighted by Crippen LogP contribution is -2.68. The second kappa shape index (κ2) is 7.99. The molecule has 3 amide bonds. The van der Waals surface area contributed by atoms with Crippen LogP contribution in [-0.4, -0.2) is 40.5 Å². The normalized spacial score (nSPS) is 20.4. The fourth-order valence-corrected chi connectivity index (χ4v) is 4.02. The van der Waals surface area contributed by atoms with Gasteiger partial charge in [-0.3, -0.25) is 9.78 Å². The molecule has 3 N–H and O–H groups in total. The Balaban J connectivity index is 2.28. The molecule has 2 aromatic rings. The van der Waals surface area contributed by atoms with Gasteiger partial charge in [0.1, 0.15) is 27.9 Å². The highest BCUT2D eigenvalue weighted by Gasteiger charge is 2.52. The number of pyridine rings is 1. The summed E-state index contributed by atoms with van der Waals surface area (Å²) in [6.07, 6.45) is 1.06. The monoisotopic (exact) mass is 458 g/mol. The molecule has 2 atom stereocenters. The summed E-state index contributed by atoms with van der Waals surface area (Å²) < 4.78 is 56.1. The number of hydrogen-bond acceptors (Lipinski definition) is 3. The lowest BCUT2D eigenvalue weighted by atomic mass is 9.73. The van der Waals surface area contributed by atoms with Gasteiger partial charge in [0.25, 0.3) is 5.92 Å². The molecule has 1 aliphatic heterocycles. The minimum absolute atomic E-state index is 0.0170. The maximum Gasteiger partial charge on any atom is 0.315 e. The van der Waals surface area contributed by atoms with E-state index in [1.165, 1.54) is 13.0 Å². The third-order valence-electron chi connectivity index (χ3n) is 5.42. The molecule has 3 rings (SSSR count). The highest BCUT2D eigenvalue weighted by Crippen LogP contribution is 2.43. The van der Waals surface area contributed by atoms with Gasteiger partial charge in [-0.2, -0.15) is 8.78 Å². The number of alkyl halides is 2. The molecular weight excluding hydrogens is 440 g/mol. The van der Waals surface area contributed by atoms with Crippen molar-refractivity contribution in [2.45, 2.75) is 31.2 Å². The van der Waals surface area contributed by atoms with Gasteiger partial charge in [0, 0.05) is 37.7 Å². The molecule has 1 fully saturated rings. The summed E-state index contributed by atoms with van der Waals surface area (Å²) in [4.78, 5) is 29.9. The fraction of sp³-hybridized carbons (Fsp3) is 0.350. The topological polar surface area (TPSA) is 88.3 Å². The number of nitrogens with one attached hydrogen (secondary N) is 1. The molecule has 0 spiro atoms. The van der Waals surface area contributed by atoms with Crippen LogP contribution < -0.4 is 11.1 Å². The van der Waals surface area contributed by atoms with Crippen molar-refractivity contribution >= 4 is 23.5 Å². The number of hydrogen-bond donors (Lipinski definition) is 2. The molecule has 0 aliphatic carbocycles. The van der Waals surface area contributed by atoms with Crippen molar-refractivity contribution in [1.29, 1.82) is 0 Å². The Kier molecular flexibility index (Phi) is 5.88. The highest BCUT2D eigenvalue weighted by molar-refractivity contribution is 6.31. The van der Waals surface area contributed by atoms with E-state index in [-0.39, 0.29) is 24.2 Å². The number of primary amides is 1. The number of aromatic nitrogens is 1. The lowest BCUT2D eigenvalue weighted by Gasteiger charge is -2.47. The summed E-state index contributed by atoms with van der Waals surface area (Å²) in [5.41, 5.74) is 3.05. The van der Waals surface area contributed by atoms with Crippen molar-refractivity contribution in [3.63, 3.8) is 0 Å². The number of amides is 3. The van der Waals surface area contributed by atoms with Gasteiger partial charge >= 0.3 is 6.03 Å². The van der Waals surface area contributed by atoms with Gasteiger partial charge < -0.3 is 16.0 Å². The van der Waals surface area contributed by atoms with Gasteiger partial charge in [0.2, 0.25) is 5.91 Å². The third kappa shape index (κ3) is 3.91. The smallest absolute Gasteiger partial charge is 0.315 e. The lowest BCUT2D eigenvalue weighted by molar-refractivity contribution is -0.134. The number of urea groups is 1. The Bertz CT molecular complexity index is 1030. The fourth-order valence-electron chi connectivity index (χ4n) is 3.85. The Hall–Kier alpha value is -2.88. The number of rotatable bonds is 4. The number of halogens is 5.